The summed E-state index contributed by atoms with van der Waals surface area (Å²) in [6, 6.07) is 7.31. The summed E-state index contributed by atoms with van der Waals surface area (Å²) in [7, 11) is 1.84. The van der Waals surface area contributed by atoms with Crippen molar-refractivity contribution in [1.82, 2.24) is 19.7 Å². The van der Waals surface area contributed by atoms with Crippen molar-refractivity contribution in [3.63, 3.8) is 0 Å². The minimum absolute atomic E-state index is 0.0143. The molecule has 0 radical (unpaired) electrons. The Balaban J connectivity index is 1.52. The number of piperidine rings is 1. The molecule has 2 aromatic rings. The van der Waals surface area contributed by atoms with Gasteiger partial charge < -0.3 is 9.64 Å². The Kier molecular flexibility index (Phi) is 4.98. The molecule has 7 nitrogen and oxygen atoms in total. The first-order valence-electron chi connectivity index (χ1n) is 8.36. The minimum Gasteiger partial charge on any atom is -0.476 e. The number of nitriles is 1. The van der Waals surface area contributed by atoms with E-state index >= 15 is 0 Å². The number of hydrogen-bond acceptors (Lipinski definition) is 5. The molecule has 2 aromatic heterocycles. The van der Waals surface area contributed by atoms with Crippen LogP contribution >= 0.6 is 0 Å². The lowest BCUT2D eigenvalue weighted by atomic mass is 9.97. The third-order valence-electron chi connectivity index (χ3n) is 4.58. The van der Waals surface area contributed by atoms with Crippen molar-refractivity contribution in [3.8, 4) is 11.9 Å². The first kappa shape index (κ1) is 17.0. The number of pyridine rings is 1. The molecule has 1 aliphatic heterocycles. The molecule has 0 N–H and O–H groups in total. The molecule has 0 saturated carbocycles. The number of amides is 1. The highest BCUT2D eigenvalue weighted by Crippen LogP contribution is 2.21. The molecular formula is C18H21N5O2. The van der Waals surface area contributed by atoms with Gasteiger partial charge in [0.1, 0.15) is 11.6 Å². The molecular weight excluding hydrogens is 318 g/mol. The van der Waals surface area contributed by atoms with E-state index in [1.54, 1.807) is 23.0 Å². The summed E-state index contributed by atoms with van der Waals surface area (Å²) in [6.45, 7) is 3.82. The monoisotopic (exact) mass is 339 g/mol. The summed E-state index contributed by atoms with van der Waals surface area (Å²) in [5.41, 5.74) is 1.91. The number of aromatic nitrogens is 3. The molecule has 7 heteroatoms. The van der Waals surface area contributed by atoms with Gasteiger partial charge in [0.25, 0.3) is 5.91 Å². The Morgan fingerprint density at radius 1 is 1.44 bits per heavy atom. The van der Waals surface area contributed by atoms with E-state index in [0.29, 0.717) is 42.8 Å². The van der Waals surface area contributed by atoms with E-state index in [1.165, 1.54) is 0 Å². The largest absolute Gasteiger partial charge is 0.476 e. The number of carbonyl (C=O) groups is 1. The molecule has 1 amide bonds. The van der Waals surface area contributed by atoms with Crippen molar-refractivity contribution in [3.05, 3.63) is 41.3 Å². The van der Waals surface area contributed by atoms with E-state index in [0.717, 1.165) is 18.5 Å². The van der Waals surface area contributed by atoms with Crippen LogP contribution in [0.25, 0.3) is 0 Å². The van der Waals surface area contributed by atoms with E-state index < -0.39 is 0 Å². The first-order chi connectivity index (χ1) is 12.1. The summed E-state index contributed by atoms with van der Waals surface area (Å²) in [5.74, 6) is 0.718. The zero-order chi connectivity index (χ0) is 17.8. The topological polar surface area (TPSA) is 84.0 Å². The number of rotatable bonds is 4. The summed E-state index contributed by atoms with van der Waals surface area (Å²) in [5, 5.41) is 13.3. The average molecular weight is 339 g/mol. The Labute approximate surface area is 146 Å². The van der Waals surface area contributed by atoms with E-state index in [1.807, 2.05) is 24.9 Å². The second-order valence-electron chi connectivity index (χ2n) is 6.31. The van der Waals surface area contributed by atoms with Crippen molar-refractivity contribution < 1.29 is 9.53 Å². The summed E-state index contributed by atoms with van der Waals surface area (Å²) in [4.78, 5) is 18.5. The highest BCUT2D eigenvalue weighted by Gasteiger charge is 2.25. The van der Waals surface area contributed by atoms with Gasteiger partial charge in [-0.2, -0.15) is 10.4 Å². The van der Waals surface area contributed by atoms with E-state index in [4.69, 9.17) is 10.00 Å². The lowest BCUT2D eigenvalue weighted by Crippen LogP contribution is -2.40. The normalized spacial score (nSPS) is 15.0. The van der Waals surface area contributed by atoms with Crippen LogP contribution in [-0.4, -0.2) is 45.3 Å². The van der Waals surface area contributed by atoms with Gasteiger partial charge >= 0.3 is 0 Å². The fourth-order valence-corrected chi connectivity index (χ4v) is 2.92. The molecule has 0 aliphatic carbocycles. The maximum Gasteiger partial charge on any atom is 0.274 e. The van der Waals surface area contributed by atoms with Crippen molar-refractivity contribution >= 4 is 5.91 Å². The van der Waals surface area contributed by atoms with Crippen LogP contribution in [0.4, 0.5) is 0 Å². The Hall–Kier alpha value is -2.88. The van der Waals surface area contributed by atoms with Gasteiger partial charge in [0.15, 0.2) is 5.69 Å². The molecule has 1 aliphatic rings. The van der Waals surface area contributed by atoms with Crippen LogP contribution < -0.4 is 4.74 Å². The predicted octanol–water partition coefficient (Wildman–Crippen LogP) is 1.93. The third-order valence-corrected chi connectivity index (χ3v) is 4.58. The fraction of sp³-hybridized carbons (Fsp3) is 0.444. The molecule has 0 bridgehead atoms. The Bertz CT molecular complexity index is 781. The SMILES string of the molecule is Cc1cc(C(=O)N2CCC(COc3ncccc3C#N)CC2)nn1C. The van der Waals surface area contributed by atoms with Crippen LogP contribution in [0.3, 0.4) is 0 Å². The molecule has 0 unspecified atom stereocenters. The van der Waals surface area contributed by atoms with E-state index in [2.05, 4.69) is 16.2 Å². The van der Waals surface area contributed by atoms with Gasteiger partial charge in [0.2, 0.25) is 5.88 Å². The summed E-state index contributed by atoms with van der Waals surface area (Å²) >= 11 is 0. The van der Waals surface area contributed by atoms with Crippen molar-refractivity contribution in [2.24, 2.45) is 13.0 Å². The maximum absolute atomic E-state index is 12.5. The standard InChI is InChI=1S/C18H21N5O2/c1-13-10-16(21-22(13)2)18(24)23-8-5-14(6-9-23)12-25-17-15(11-19)4-3-7-20-17/h3-4,7,10,14H,5-6,8-9,12H2,1-2H3. The molecule has 1 saturated heterocycles. The second kappa shape index (κ2) is 7.34. The number of ether oxygens (including phenoxy) is 1. The molecule has 3 rings (SSSR count). The molecule has 0 atom stereocenters. The van der Waals surface area contributed by atoms with Crippen molar-refractivity contribution in [2.75, 3.05) is 19.7 Å². The van der Waals surface area contributed by atoms with Crippen LogP contribution in [0.1, 0.15) is 34.6 Å². The molecule has 0 aromatic carbocycles. The number of carbonyl (C=O) groups excluding carboxylic acids is 1. The quantitative estimate of drug-likeness (QED) is 0.850. The average Bonchev–Trinajstić information content (AvgIpc) is 2.99. The van der Waals surface area contributed by atoms with Crippen LogP contribution in [0.5, 0.6) is 5.88 Å². The maximum atomic E-state index is 12.5. The Morgan fingerprint density at radius 2 is 2.20 bits per heavy atom. The molecule has 25 heavy (non-hydrogen) atoms. The van der Waals surface area contributed by atoms with Gasteiger partial charge in [0.05, 0.1) is 6.61 Å². The van der Waals surface area contributed by atoms with Gasteiger partial charge in [-0.3, -0.25) is 9.48 Å². The van der Waals surface area contributed by atoms with Crippen molar-refractivity contribution in [2.45, 2.75) is 19.8 Å². The van der Waals surface area contributed by atoms with Gasteiger partial charge in [-0.15, -0.1) is 0 Å². The van der Waals surface area contributed by atoms with Gasteiger partial charge in [-0.1, -0.05) is 0 Å². The zero-order valence-corrected chi connectivity index (χ0v) is 14.5. The molecule has 130 valence electrons. The molecule has 1 fully saturated rings. The molecule has 3 heterocycles. The van der Waals surface area contributed by atoms with Gasteiger partial charge in [-0.25, -0.2) is 4.98 Å². The van der Waals surface area contributed by atoms with Crippen LogP contribution in [0.2, 0.25) is 0 Å². The van der Waals surface area contributed by atoms with Crippen LogP contribution in [0.15, 0.2) is 24.4 Å². The highest BCUT2D eigenvalue weighted by atomic mass is 16.5. The fourth-order valence-electron chi connectivity index (χ4n) is 2.92. The molecule has 0 spiro atoms. The van der Waals surface area contributed by atoms with E-state index in [9.17, 15) is 4.79 Å². The zero-order valence-electron chi connectivity index (χ0n) is 14.5. The second-order valence-corrected chi connectivity index (χ2v) is 6.31. The van der Waals surface area contributed by atoms with E-state index in [-0.39, 0.29) is 5.91 Å². The lowest BCUT2D eigenvalue weighted by Gasteiger charge is -2.31. The van der Waals surface area contributed by atoms with Crippen LogP contribution in [-0.2, 0) is 7.05 Å². The smallest absolute Gasteiger partial charge is 0.274 e. The summed E-state index contributed by atoms with van der Waals surface area (Å²) in [6.07, 6.45) is 3.35. The van der Waals surface area contributed by atoms with Gasteiger partial charge in [-0.05, 0) is 43.9 Å². The summed E-state index contributed by atoms with van der Waals surface area (Å²) < 4.78 is 7.43. The van der Waals surface area contributed by atoms with Crippen molar-refractivity contribution in [1.29, 1.82) is 5.26 Å². The number of hydrogen-bond donors (Lipinski definition) is 0. The predicted molar refractivity (Wildman–Crippen MR) is 91.0 cm³/mol. The third kappa shape index (κ3) is 3.79. The minimum atomic E-state index is -0.0143. The lowest BCUT2D eigenvalue weighted by molar-refractivity contribution is 0.0652. The highest BCUT2D eigenvalue weighted by molar-refractivity contribution is 5.92. The Morgan fingerprint density at radius 3 is 2.84 bits per heavy atom. The van der Waals surface area contributed by atoms with Gasteiger partial charge in [0, 0.05) is 32.0 Å². The first-order valence-corrected chi connectivity index (χ1v) is 8.36. The number of aryl methyl sites for hydroxylation is 2. The number of likely N-dealkylation sites (tertiary alicyclic amines) is 1. The van der Waals surface area contributed by atoms with Crippen LogP contribution in [0, 0.1) is 24.2 Å². The number of nitrogens with zero attached hydrogens (tertiary/aromatic N) is 5.